The van der Waals surface area contributed by atoms with Crippen LogP contribution in [0.3, 0.4) is 0 Å². The van der Waals surface area contributed by atoms with E-state index in [1.54, 1.807) is 11.9 Å². The van der Waals surface area contributed by atoms with E-state index in [1.165, 1.54) is 11.3 Å². The van der Waals surface area contributed by atoms with Gasteiger partial charge in [0.05, 0.1) is 10.9 Å². The predicted octanol–water partition coefficient (Wildman–Crippen LogP) is 3.22. The Hall–Kier alpha value is -1.56. The maximum atomic E-state index is 12.4. The highest BCUT2D eigenvalue weighted by atomic mass is 32.1. The van der Waals surface area contributed by atoms with Crippen molar-refractivity contribution >= 4 is 23.3 Å². The molecule has 0 radical (unpaired) electrons. The number of ether oxygens (including phenoxy) is 1. The molecule has 0 aliphatic carbocycles. The third-order valence-corrected chi connectivity index (χ3v) is 4.50. The monoisotopic (exact) mass is 324 g/mol. The van der Waals surface area contributed by atoms with Crippen LogP contribution in [0, 0.1) is 0 Å². The Kier molecular flexibility index (Phi) is 5.11. The molecule has 1 atom stereocenters. The van der Waals surface area contributed by atoms with Gasteiger partial charge in [0.15, 0.2) is 0 Å². The van der Waals surface area contributed by atoms with Gasteiger partial charge in [0.2, 0.25) is 0 Å². The molecule has 2 amide bonds. The lowest BCUT2D eigenvalue weighted by Gasteiger charge is -2.37. The molecule has 1 aliphatic rings. The van der Waals surface area contributed by atoms with Gasteiger partial charge in [-0.3, -0.25) is 4.79 Å². The van der Waals surface area contributed by atoms with Crippen molar-refractivity contribution in [1.82, 2.24) is 9.80 Å². The zero-order valence-electron chi connectivity index (χ0n) is 13.7. The number of likely N-dealkylation sites (tertiary alicyclic amines) is 1. The van der Waals surface area contributed by atoms with Crippen molar-refractivity contribution in [2.45, 2.75) is 45.3 Å². The highest BCUT2D eigenvalue weighted by Gasteiger charge is 2.31. The maximum absolute atomic E-state index is 12.4. The SMILES string of the molecule is CN(C(=O)OC(C)(C)C)C1CCCN(C(=O)c2cccs2)C1. The van der Waals surface area contributed by atoms with Crippen LogP contribution in [0.4, 0.5) is 4.79 Å². The Morgan fingerprint density at radius 2 is 2.14 bits per heavy atom. The van der Waals surface area contributed by atoms with Gasteiger partial charge in [0, 0.05) is 20.1 Å². The lowest BCUT2D eigenvalue weighted by Crippen LogP contribution is -2.51. The fourth-order valence-corrected chi connectivity index (χ4v) is 3.19. The van der Waals surface area contributed by atoms with Crippen LogP contribution in [0.1, 0.15) is 43.3 Å². The summed E-state index contributed by atoms with van der Waals surface area (Å²) < 4.78 is 5.41. The van der Waals surface area contributed by atoms with Crippen molar-refractivity contribution in [3.05, 3.63) is 22.4 Å². The second kappa shape index (κ2) is 6.69. The van der Waals surface area contributed by atoms with Gasteiger partial charge in [-0.25, -0.2) is 4.79 Å². The van der Waals surface area contributed by atoms with Gasteiger partial charge in [0.25, 0.3) is 5.91 Å². The summed E-state index contributed by atoms with van der Waals surface area (Å²) in [6.45, 7) is 6.87. The molecule has 5 nitrogen and oxygen atoms in total. The smallest absolute Gasteiger partial charge is 0.410 e. The fourth-order valence-electron chi connectivity index (χ4n) is 2.49. The van der Waals surface area contributed by atoms with Crippen LogP contribution in [0.25, 0.3) is 0 Å². The molecule has 1 saturated heterocycles. The third-order valence-electron chi connectivity index (χ3n) is 3.64. The standard InChI is InChI=1S/C16H24N2O3S/c1-16(2,3)21-15(20)17(4)12-7-5-9-18(11-12)14(19)13-8-6-10-22-13/h6,8,10,12H,5,7,9,11H2,1-4H3. The molecule has 0 aromatic carbocycles. The minimum atomic E-state index is -0.507. The average Bonchev–Trinajstić information content (AvgIpc) is 2.98. The van der Waals surface area contributed by atoms with Gasteiger partial charge in [-0.05, 0) is 45.1 Å². The van der Waals surface area contributed by atoms with E-state index in [9.17, 15) is 9.59 Å². The third kappa shape index (κ3) is 4.22. The van der Waals surface area contributed by atoms with Crippen molar-refractivity contribution in [2.75, 3.05) is 20.1 Å². The Bertz CT molecular complexity index is 522. The highest BCUT2D eigenvalue weighted by molar-refractivity contribution is 7.12. The van der Waals surface area contributed by atoms with E-state index < -0.39 is 5.60 Å². The number of carbonyl (C=O) groups excluding carboxylic acids is 2. The first-order chi connectivity index (χ1) is 10.3. The van der Waals surface area contributed by atoms with E-state index >= 15 is 0 Å². The van der Waals surface area contributed by atoms with Gasteiger partial charge >= 0.3 is 6.09 Å². The van der Waals surface area contributed by atoms with Crippen molar-refractivity contribution < 1.29 is 14.3 Å². The number of carbonyl (C=O) groups is 2. The summed E-state index contributed by atoms with van der Waals surface area (Å²) in [5, 5.41) is 1.90. The van der Waals surface area contributed by atoms with E-state index in [0.29, 0.717) is 6.54 Å². The van der Waals surface area contributed by atoms with Gasteiger partial charge < -0.3 is 14.5 Å². The first kappa shape index (κ1) is 16.8. The number of hydrogen-bond acceptors (Lipinski definition) is 4. The number of amides is 2. The molecule has 122 valence electrons. The predicted molar refractivity (Wildman–Crippen MR) is 87.2 cm³/mol. The highest BCUT2D eigenvalue weighted by Crippen LogP contribution is 2.20. The molecular weight excluding hydrogens is 300 g/mol. The number of likely N-dealkylation sites (N-methyl/N-ethyl adjacent to an activating group) is 1. The van der Waals surface area contributed by atoms with E-state index in [4.69, 9.17) is 4.74 Å². The van der Waals surface area contributed by atoms with Gasteiger partial charge in [-0.15, -0.1) is 11.3 Å². The van der Waals surface area contributed by atoms with Crippen LogP contribution >= 0.6 is 11.3 Å². The molecule has 6 heteroatoms. The minimum absolute atomic E-state index is 0.00696. The van der Waals surface area contributed by atoms with Gasteiger partial charge in [-0.1, -0.05) is 6.07 Å². The van der Waals surface area contributed by atoms with E-state index in [2.05, 4.69) is 0 Å². The molecule has 1 fully saturated rings. The summed E-state index contributed by atoms with van der Waals surface area (Å²) in [6, 6.07) is 3.73. The van der Waals surface area contributed by atoms with Crippen LogP contribution in [0.2, 0.25) is 0 Å². The van der Waals surface area contributed by atoms with Crippen LogP contribution in [0.15, 0.2) is 17.5 Å². The molecule has 22 heavy (non-hydrogen) atoms. The van der Waals surface area contributed by atoms with Crippen LogP contribution < -0.4 is 0 Å². The molecule has 1 aromatic rings. The average molecular weight is 324 g/mol. The molecule has 0 N–H and O–H groups in total. The lowest BCUT2D eigenvalue weighted by atomic mass is 10.0. The van der Waals surface area contributed by atoms with E-state index in [1.807, 2.05) is 43.2 Å². The van der Waals surface area contributed by atoms with Crippen molar-refractivity contribution in [3.8, 4) is 0 Å². The molecule has 1 unspecified atom stereocenters. The van der Waals surface area contributed by atoms with E-state index in [-0.39, 0.29) is 18.0 Å². The van der Waals surface area contributed by atoms with Crippen molar-refractivity contribution in [1.29, 1.82) is 0 Å². The molecule has 2 rings (SSSR count). The summed E-state index contributed by atoms with van der Waals surface area (Å²) in [5.41, 5.74) is -0.507. The van der Waals surface area contributed by atoms with Crippen LogP contribution in [0.5, 0.6) is 0 Å². The first-order valence-electron chi connectivity index (χ1n) is 7.56. The van der Waals surface area contributed by atoms with E-state index in [0.717, 1.165) is 24.3 Å². The topological polar surface area (TPSA) is 49.9 Å². The second-order valence-electron chi connectivity index (χ2n) is 6.62. The summed E-state index contributed by atoms with van der Waals surface area (Å²) >= 11 is 1.45. The normalized spacial score (nSPS) is 18.9. The first-order valence-corrected chi connectivity index (χ1v) is 8.44. The van der Waals surface area contributed by atoms with Crippen LogP contribution in [-0.4, -0.2) is 53.6 Å². The molecule has 0 saturated carbocycles. The zero-order valence-corrected chi connectivity index (χ0v) is 14.5. The molecule has 1 aliphatic heterocycles. The number of piperidine rings is 1. The zero-order chi connectivity index (χ0) is 16.3. The van der Waals surface area contributed by atoms with Crippen LogP contribution in [-0.2, 0) is 4.74 Å². The molecular formula is C16H24N2O3S. The Labute approximate surface area is 135 Å². The summed E-state index contributed by atoms with van der Waals surface area (Å²) in [5.74, 6) is 0.0530. The van der Waals surface area contributed by atoms with Gasteiger partial charge in [-0.2, -0.15) is 0 Å². The Morgan fingerprint density at radius 3 is 2.73 bits per heavy atom. The molecule has 1 aromatic heterocycles. The summed E-state index contributed by atoms with van der Waals surface area (Å²) in [6.07, 6.45) is 1.46. The summed E-state index contributed by atoms with van der Waals surface area (Å²) in [7, 11) is 1.75. The van der Waals surface area contributed by atoms with Crippen molar-refractivity contribution in [3.63, 3.8) is 0 Å². The molecule has 0 bridgehead atoms. The number of rotatable bonds is 2. The molecule has 2 heterocycles. The lowest BCUT2D eigenvalue weighted by molar-refractivity contribution is 0.0132. The Morgan fingerprint density at radius 1 is 1.41 bits per heavy atom. The maximum Gasteiger partial charge on any atom is 0.410 e. The Balaban J connectivity index is 1.98. The molecule has 0 spiro atoms. The number of hydrogen-bond donors (Lipinski definition) is 0. The number of nitrogens with zero attached hydrogens (tertiary/aromatic N) is 2. The largest absolute Gasteiger partial charge is 0.444 e. The summed E-state index contributed by atoms with van der Waals surface area (Å²) in [4.78, 5) is 28.8. The minimum Gasteiger partial charge on any atom is -0.444 e. The quantitative estimate of drug-likeness (QED) is 0.839. The fraction of sp³-hybridized carbons (Fsp3) is 0.625. The number of thiophene rings is 1. The van der Waals surface area contributed by atoms with Gasteiger partial charge in [0.1, 0.15) is 5.60 Å². The van der Waals surface area contributed by atoms with Crippen molar-refractivity contribution in [2.24, 2.45) is 0 Å². The second-order valence-corrected chi connectivity index (χ2v) is 7.56.